The Morgan fingerprint density at radius 3 is 2.18 bits per heavy atom. The van der Waals surface area contributed by atoms with E-state index in [0.717, 1.165) is 28.4 Å². The van der Waals surface area contributed by atoms with Gasteiger partial charge in [0.2, 0.25) is 0 Å². The second-order valence-corrected chi connectivity index (χ2v) is 7.40. The molecule has 0 aromatic heterocycles. The maximum absolute atomic E-state index is 12.8. The van der Waals surface area contributed by atoms with Crippen LogP contribution in [0.25, 0.3) is 6.08 Å². The highest BCUT2D eigenvalue weighted by Gasteiger charge is 2.40. The van der Waals surface area contributed by atoms with Crippen molar-refractivity contribution < 1.29 is 4.79 Å². The molecule has 1 aliphatic rings. The SMILES string of the molecule is CC(C)=CCC1(CC=C(C)C)C(=O)C=Cc2cc(Br)ccc21. The molecule has 1 aromatic carbocycles. The minimum absolute atomic E-state index is 0.206. The molecule has 0 spiro atoms. The van der Waals surface area contributed by atoms with Gasteiger partial charge in [-0.3, -0.25) is 4.79 Å². The van der Waals surface area contributed by atoms with Gasteiger partial charge in [-0.1, -0.05) is 51.4 Å². The van der Waals surface area contributed by atoms with Crippen LogP contribution in [0.5, 0.6) is 0 Å². The molecule has 1 aliphatic carbocycles. The highest BCUT2D eigenvalue weighted by atomic mass is 79.9. The van der Waals surface area contributed by atoms with Crippen molar-refractivity contribution in [3.63, 3.8) is 0 Å². The van der Waals surface area contributed by atoms with Crippen molar-refractivity contribution in [2.45, 2.75) is 46.0 Å². The molecule has 2 heteroatoms. The number of benzene rings is 1. The number of ketones is 1. The van der Waals surface area contributed by atoms with E-state index in [0.29, 0.717) is 0 Å². The highest BCUT2D eigenvalue weighted by Crippen LogP contribution is 2.41. The molecule has 0 saturated heterocycles. The average molecular weight is 359 g/mol. The lowest BCUT2D eigenvalue weighted by atomic mass is 9.67. The fraction of sp³-hybridized carbons (Fsp3) is 0.350. The number of carbonyl (C=O) groups excluding carboxylic acids is 1. The summed E-state index contributed by atoms with van der Waals surface area (Å²) in [6.45, 7) is 8.33. The summed E-state index contributed by atoms with van der Waals surface area (Å²) in [6, 6.07) is 6.22. The molecule has 0 amide bonds. The topological polar surface area (TPSA) is 17.1 Å². The van der Waals surface area contributed by atoms with E-state index in [1.165, 1.54) is 11.1 Å². The van der Waals surface area contributed by atoms with E-state index in [-0.39, 0.29) is 5.78 Å². The van der Waals surface area contributed by atoms with E-state index in [1.807, 2.05) is 12.1 Å². The molecule has 0 saturated carbocycles. The van der Waals surface area contributed by atoms with Gasteiger partial charge in [-0.25, -0.2) is 0 Å². The lowest BCUT2D eigenvalue weighted by Crippen LogP contribution is -2.36. The van der Waals surface area contributed by atoms with Crippen LogP contribution in [0.2, 0.25) is 0 Å². The Morgan fingerprint density at radius 1 is 1.05 bits per heavy atom. The zero-order valence-corrected chi connectivity index (χ0v) is 15.3. The summed E-state index contributed by atoms with van der Waals surface area (Å²) in [5, 5.41) is 0. The van der Waals surface area contributed by atoms with Crippen LogP contribution in [0.15, 0.2) is 52.0 Å². The van der Waals surface area contributed by atoms with Crippen molar-refractivity contribution >= 4 is 27.8 Å². The van der Waals surface area contributed by atoms with Gasteiger partial charge in [0, 0.05) is 4.47 Å². The van der Waals surface area contributed by atoms with Crippen LogP contribution < -0.4 is 0 Å². The van der Waals surface area contributed by atoms with Crippen molar-refractivity contribution in [2.24, 2.45) is 0 Å². The molecule has 2 rings (SSSR count). The molecule has 0 bridgehead atoms. The maximum atomic E-state index is 12.8. The van der Waals surface area contributed by atoms with Crippen LogP contribution in [0, 0.1) is 0 Å². The first kappa shape index (κ1) is 17.0. The number of hydrogen-bond acceptors (Lipinski definition) is 1. The first-order valence-electron chi connectivity index (χ1n) is 7.64. The fourth-order valence-electron chi connectivity index (χ4n) is 2.83. The van der Waals surface area contributed by atoms with Crippen LogP contribution >= 0.6 is 15.9 Å². The highest BCUT2D eigenvalue weighted by molar-refractivity contribution is 9.10. The minimum atomic E-state index is -0.473. The number of halogens is 1. The molecule has 1 nitrogen and oxygen atoms in total. The molecule has 1 aromatic rings. The summed E-state index contributed by atoms with van der Waals surface area (Å²) in [6.07, 6.45) is 9.54. The Bertz CT molecular complexity index is 649. The number of rotatable bonds is 4. The van der Waals surface area contributed by atoms with E-state index in [2.05, 4.69) is 67.9 Å². The maximum Gasteiger partial charge on any atom is 0.166 e. The zero-order valence-electron chi connectivity index (χ0n) is 13.7. The van der Waals surface area contributed by atoms with Crippen LogP contribution in [-0.2, 0) is 10.2 Å². The standard InChI is InChI=1S/C20H23BrO/c1-14(2)9-11-20(12-10-15(3)4)18-7-6-17(21)13-16(18)5-8-19(20)22/h5-10,13H,11-12H2,1-4H3. The van der Waals surface area contributed by atoms with Crippen LogP contribution in [0.3, 0.4) is 0 Å². The first-order chi connectivity index (χ1) is 10.3. The van der Waals surface area contributed by atoms with Gasteiger partial charge < -0.3 is 0 Å². The summed E-state index contributed by atoms with van der Waals surface area (Å²) < 4.78 is 1.04. The zero-order chi connectivity index (χ0) is 16.3. The quantitative estimate of drug-likeness (QED) is 0.603. The van der Waals surface area contributed by atoms with Gasteiger partial charge in [0.1, 0.15) is 0 Å². The molecule has 0 heterocycles. The number of allylic oxidation sites excluding steroid dienone is 5. The Morgan fingerprint density at radius 2 is 1.64 bits per heavy atom. The predicted molar refractivity (Wildman–Crippen MR) is 98.0 cm³/mol. The Kier molecular flexibility index (Phi) is 5.23. The minimum Gasteiger partial charge on any atom is -0.294 e. The molecule has 116 valence electrons. The second-order valence-electron chi connectivity index (χ2n) is 6.48. The lowest BCUT2D eigenvalue weighted by molar-refractivity contribution is -0.119. The molecule has 0 N–H and O–H groups in total. The third-order valence-corrected chi connectivity index (χ3v) is 4.63. The van der Waals surface area contributed by atoms with Gasteiger partial charge in [0.25, 0.3) is 0 Å². The van der Waals surface area contributed by atoms with E-state index in [4.69, 9.17) is 0 Å². The summed E-state index contributed by atoms with van der Waals surface area (Å²) >= 11 is 3.52. The molecular weight excluding hydrogens is 336 g/mol. The van der Waals surface area contributed by atoms with Gasteiger partial charge in [-0.15, -0.1) is 0 Å². The Labute approximate surface area is 141 Å². The van der Waals surface area contributed by atoms with Crippen molar-refractivity contribution in [1.82, 2.24) is 0 Å². The molecule has 22 heavy (non-hydrogen) atoms. The lowest BCUT2D eigenvalue weighted by Gasteiger charge is -2.34. The van der Waals surface area contributed by atoms with E-state index < -0.39 is 5.41 Å². The van der Waals surface area contributed by atoms with Gasteiger partial charge in [0.15, 0.2) is 5.78 Å². The number of fused-ring (bicyclic) bond motifs is 1. The molecule has 0 radical (unpaired) electrons. The normalized spacial score (nSPS) is 15.2. The number of carbonyl (C=O) groups is 1. The van der Waals surface area contributed by atoms with E-state index in [9.17, 15) is 4.79 Å². The van der Waals surface area contributed by atoms with Crippen LogP contribution in [0.4, 0.5) is 0 Å². The fourth-order valence-corrected chi connectivity index (χ4v) is 3.20. The average Bonchev–Trinajstić information content (AvgIpc) is 2.45. The van der Waals surface area contributed by atoms with Gasteiger partial charge >= 0.3 is 0 Å². The monoisotopic (exact) mass is 358 g/mol. The van der Waals surface area contributed by atoms with Crippen molar-refractivity contribution in [1.29, 1.82) is 0 Å². The molecule has 0 unspecified atom stereocenters. The third kappa shape index (κ3) is 3.49. The van der Waals surface area contributed by atoms with Gasteiger partial charge in [0.05, 0.1) is 5.41 Å². The summed E-state index contributed by atoms with van der Waals surface area (Å²) in [5.74, 6) is 0.206. The predicted octanol–water partition coefficient (Wildman–Crippen LogP) is 6.00. The second kappa shape index (κ2) is 6.78. The smallest absolute Gasteiger partial charge is 0.166 e. The third-order valence-electron chi connectivity index (χ3n) is 4.13. The Hall–Kier alpha value is -1.41. The van der Waals surface area contributed by atoms with E-state index in [1.54, 1.807) is 6.08 Å². The summed E-state index contributed by atoms with van der Waals surface area (Å²) in [5.41, 5.74) is 4.30. The first-order valence-corrected chi connectivity index (χ1v) is 8.44. The number of hydrogen-bond donors (Lipinski definition) is 0. The Balaban J connectivity index is 2.60. The molecule has 0 aliphatic heterocycles. The summed E-state index contributed by atoms with van der Waals surface area (Å²) in [7, 11) is 0. The molecule has 0 fully saturated rings. The molecular formula is C20H23BrO. The van der Waals surface area contributed by atoms with E-state index >= 15 is 0 Å². The van der Waals surface area contributed by atoms with Gasteiger partial charge in [-0.2, -0.15) is 0 Å². The van der Waals surface area contributed by atoms with Crippen molar-refractivity contribution in [3.05, 3.63) is 63.2 Å². The van der Waals surface area contributed by atoms with Crippen molar-refractivity contribution in [2.75, 3.05) is 0 Å². The molecule has 0 atom stereocenters. The largest absolute Gasteiger partial charge is 0.294 e. The van der Waals surface area contributed by atoms with Crippen LogP contribution in [0.1, 0.15) is 51.7 Å². The summed E-state index contributed by atoms with van der Waals surface area (Å²) in [4.78, 5) is 12.8. The van der Waals surface area contributed by atoms with Gasteiger partial charge in [-0.05, 0) is 69.9 Å². The van der Waals surface area contributed by atoms with Crippen molar-refractivity contribution in [3.8, 4) is 0 Å². The van der Waals surface area contributed by atoms with Crippen LogP contribution in [-0.4, -0.2) is 5.78 Å².